The molecule has 0 aromatic heterocycles. The number of nitrogens with one attached hydrogen (secondary N) is 1. The van der Waals surface area contributed by atoms with Crippen LogP contribution in [0.25, 0.3) is 0 Å². The minimum absolute atomic E-state index is 0.0776. The number of carbonyl (C=O) groups excluding carboxylic acids is 2. The molecule has 2 aromatic carbocycles. The van der Waals surface area contributed by atoms with E-state index in [1.807, 2.05) is 61.2 Å². The van der Waals surface area contributed by atoms with E-state index in [9.17, 15) is 9.59 Å². The van der Waals surface area contributed by atoms with Gasteiger partial charge in [0.25, 0.3) is 11.8 Å². The molecule has 27 heavy (non-hydrogen) atoms. The van der Waals surface area contributed by atoms with E-state index in [0.717, 1.165) is 37.3 Å². The molecule has 5 heteroatoms. The second kappa shape index (κ2) is 8.35. The Morgan fingerprint density at radius 2 is 1.52 bits per heavy atom. The van der Waals surface area contributed by atoms with Gasteiger partial charge >= 0.3 is 0 Å². The quantitative estimate of drug-likeness (QED) is 0.906. The molecule has 0 atom stereocenters. The van der Waals surface area contributed by atoms with Crippen LogP contribution in [0, 0.1) is 13.8 Å². The number of hydrogen-bond donors (Lipinski definition) is 1. The lowest BCUT2D eigenvalue weighted by Crippen LogP contribution is -2.47. The van der Waals surface area contributed by atoms with Crippen LogP contribution in [-0.4, -0.2) is 54.8 Å². The van der Waals surface area contributed by atoms with E-state index in [2.05, 4.69) is 17.3 Å². The minimum Gasteiger partial charge on any atom is -0.348 e. The summed E-state index contributed by atoms with van der Waals surface area (Å²) in [5.74, 6) is -0.00972. The van der Waals surface area contributed by atoms with Gasteiger partial charge in [-0.15, -0.1) is 0 Å². The van der Waals surface area contributed by atoms with Gasteiger partial charge in [-0.2, -0.15) is 0 Å². The van der Waals surface area contributed by atoms with Gasteiger partial charge in [0.05, 0.1) is 0 Å². The molecule has 1 N–H and O–H groups in total. The summed E-state index contributed by atoms with van der Waals surface area (Å²) in [5, 5.41) is 2.94. The van der Waals surface area contributed by atoms with Gasteiger partial charge in [0.1, 0.15) is 0 Å². The molecule has 0 aliphatic carbocycles. The molecule has 0 spiro atoms. The predicted molar refractivity (Wildman–Crippen MR) is 107 cm³/mol. The standard InChI is InChI=1S/C22H27N3O2/c1-16-4-7-20(14-17(16)2)21(26)23-15-18-5-8-19(9-6-18)22(27)25-12-10-24(3)11-13-25/h4-9,14H,10-13,15H2,1-3H3,(H,23,26). The first-order chi connectivity index (χ1) is 12.9. The Kier molecular flexibility index (Phi) is 5.91. The fourth-order valence-corrected chi connectivity index (χ4v) is 3.12. The molecule has 5 nitrogen and oxygen atoms in total. The molecule has 3 rings (SSSR count). The second-order valence-corrected chi connectivity index (χ2v) is 7.27. The van der Waals surface area contributed by atoms with Gasteiger partial charge in [-0.1, -0.05) is 18.2 Å². The van der Waals surface area contributed by atoms with Crippen LogP contribution in [0.15, 0.2) is 42.5 Å². The molecular weight excluding hydrogens is 338 g/mol. The third kappa shape index (κ3) is 4.74. The Balaban J connectivity index is 1.56. The highest BCUT2D eigenvalue weighted by atomic mass is 16.2. The highest BCUT2D eigenvalue weighted by molar-refractivity contribution is 5.95. The smallest absolute Gasteiger partial charge is 0.253 e. The lowest BCUT2D eigenvalue weighted by atomic mass is 10.1. The van der Waals surface area contributed by atoms with Crippen LogP contribution in [0.2, 0.25) is 0 Å². The molecule has 1 saturated heterocycles. The highest BCUT2D eigenvalue weighted by Crippen LogP contribution is 2.12. The maximum atomic E-state index is 12.6. The zero-order chi connectivity index (χ0) is 19.4. The van der Waals surface area contributed by atoms with E-state index < -0.39 is 0 Å². The third-order valence-corrected chi connectivity index (χ3v) is 5.21. The number of carbonyl (C=O) groups is 2. The first-order valence-corrected chi connectivity index (χ1v) is 9.36. The van der Waals surface area contributed by atoms with Crippen molar-refractivity contribution < 1.29 is 9.59 Å². The number of amides is 2. The Morgan fingerprint density at radius 1 is 0.889 bits per heavy atom. The number of nitrogens with zero attached hydrogens (tertiary/aromatic N) is 2. The van der Waals surface area contributed by atoms with Gasteiger partial charge in [-0.3, -0.25) is 9.59 Å². The molecule has 1 aliphatic heterocycles. The Labute approximate surface area is 161 Å². The fraction of sp³-hybridized carbons (Fsp3) is 0.364. The van der Waals surface area contributed by atoms with Crippen molar-refractivity contribution in [2.45, 2.75) is 20.4 Å². The lowest BCUT2D eigenvalue weighted by Gasteiger charge is -2.32. The molecule has 1 heterocycles. The van der Waals surface area contributed by atoms with Crippen LogP contribution in [-0.2, 0) is 6.54 Å². The van der Waals surface area contributed by atoms with Gasteiger partial charge in [0.2, 0.25) is 0 Å². The monoisotopic (exact) mass is 365 g/mol. The van der Waals surface area contributed by atoms with Crippen molar-refractivity contribution >= 4 is 11.8 Å². The van der Waals surface area contributed by atoms with Gasteiger partial charge in [0.15, 0.2) is 0 Å². The SMILES string of the molecule is Cc1ccc(C(=O)NCc2ccc(C(=O)N3CCN(C)CC3)cc2)cc1C. The summed E-state index contributed by atoms with van der Waals surface area (Å²) in [4.78, 5) is 29.0. The van der Waals surface area contributed by atoms with E-state index in [1.54, 1.807) is 0 Å². The molecule has 142 valence electrons. The van der Waals surface area contributed by atoms with E-state index >= 15 is 0 Å². The maximum Gasteiger partial charge on any atom is 0.253 e. The predicted octanol–water partition coefficient (Wildman–Crippen LogP) is 2.62. The average molecular weight is 365 g/mol. The van der Waals surface area contributed by atoms with Crippen molar-refractivity contribution in [1.82, 2.24) is 15.1 Å². The molecule has 0 unspecified atom stereocenters. The summed E-state index contributed by atoms with van der Waals surface area (Å²) in [6.45, 7) is 7.83. The van der Waals surface area contributed by atoms with E-state index in [1.165, 1.54) is 5.56 Å². The molecular formula is C22H27N3O2. The molecule has 0 saturated carbocycles. The maximum absolute atomic E-state index is 12.6. The van der Waals surface area contributed by atoms with Crippen molar-refractivity contribution in [3.63, 3.8) is 0 Å². The van der Waals surface area contributed by atoms with Gasteiger partial charge in [-0.25, -0.2) is 0 Å². The molecule has 2 amide bonds. The van der Waals surface area contributed by atoms with Crippen molar-refractivity contribution in [2.24, 2.45) is 0 Å². The Bertz CT molecular complexity index is 822. The number of rotatable bonds is 4. The fourth-order valence-electron chi connectivity index (χ4n) is 3.12. The first-order valence-electron chi connectivity index (χ1n) is 9.36. The summed E-state index contributed by atoms with van der Waals surface area (Å²) in [6, 6.07) is 13.2. The second-order valence-electron chi connectivity index (χ2n) is 7.27. The summed E-state index contributed by atoms with van der Waals surface area (Å²) < 4.78 is 0. The van der Waals surface area contributed by atoms with Gasteiger partial charge in [0, 0.05) is 43.9 Å². The number of hydrogen-bond acceptors (Lipinski definition) is 3. The zero-order valence-corrected chi connectivity index (χ0v) is 16.3. The van der Waals surface area contributed by atoms with Gasteiger partial charge in [-0.05, 0) is 61.9 Å². The number of benzene rings is 2. The highest BCUT2D eigenvalue weighted by Gasteiger charge is 2.20. The van der Waals surface area contributed by atoms with E-state index in [4.69, 9.17) is 0 Å². The molecule has 0 radical (unpaired) electrons. The average Bonchev–Trinajstić information content (AvgIpc) is 2.68. The number of aryl methyl sites for hydroxylation is 2. The summed E-state index contributed by atoms with van der Waals surface area (Å²) in [7, 11) is 2.07. The Morgan fingerprint density at radius 3 is 2.15 bits per heavy atom. The van der Waals surface area contributed by atoms with Crippen LogP contribution in [0.4, 0.5) is 0 Å². The zero-order valence-electron chi connectivity index (χ0n) is 16.3. The normalized spacial score (nSPS) is 14.9. The van der Waals surface area contributed by atoms with Gasteiger partial charge < -0.3 is 15.1 Å². The van der Waals surface area contributed by atoms with E-state index in [-0.39, 0.29) is 11.8 Å². The van der Waals surface area contributed by atoms with Crippen LogP contribution in [0.5, 0.6) is 0 Å². The van der Waals surface area contributed by atoms with Crippen molar-refractivity contribution in [3.05, 3.63) is 70.3 Å². The Hall–Kier alpha value is -2.66. The molecule has 1 aliphatic rings. The van der Waals surface area contributed by atoms with Crippen molar-refractivity contribution in [3.8, 4) is 0 Å². The van der Waals surface area contributed by atoms with Crippen molar-refractivity contribution in [2.75, 3.05) is 33.2 Å². The molecule has 1 fully saturated rings. The summed E-state index contributed by atoms with van der Waals surface area (Å²) in [5.41, 5.74) is 4.62. The van der Waals surface area contributed by atoms with E-state index in [0.29, 0.717) is 17.7 Å². The minimum atomic E-state index is -0.0873. The lowest BCUT2D eigenvalue weighted by molar-refractivity contribution is 0.0664. The summed E-state index contributed by atoms with van der Waals surface area (Å²) in [6.07, 6.45) is 0. The van der Waals surface area contributed by atoms with Crippen LogP contribution in [0.3, 0.4) is 0 Å². The summed E-state index contributed by atoms with van der Waals surface area (Å²) >= 11 is 0. The third-order valence-electron chi connectivity index (χ3n) is 5.21. The number of piperazine rings is 1. The topological polar surface area (TPSA) is 52.7 Å². The molecule has 0 bridgehead atoms. The van der Waals surface area contributed by atoms with Crippen LogP contribution >= 0.6 is 0 Å². The number of likely N-dealkylation sites (N-methyl/N-ethyl adjacent to an activating group) is 1. The van der Waals surface area contributed by atoms with Crippen molar-refractivity contribution in [1.29, 1.82) is 0 Å². The van der Waals surface area contributed by atoms with Crippen LogP contribution < -0.4 is 5.32 Å². The first kappa shape index (κ1) is 19.1. The van der Waals surface area contributed by atoms with Crippen LogP contribution in [0.1, 0.15) is 37.4 Å². The molecule has 2 aromatic rings. The largest absolute Gasteiger partial charge is 0.348 e.